The van der Waals surface area contributed by atoms with E-state index < -0.39 is 19.7 Å². The summed E-state index contributed by atoms with van der Waals surface area (Å²) in [6.45, 7) is 2.84. The third kappa shape index (κ3) is 4.53. The Labute approximate surface area is 62.6 Å². The largest absolute Gasteiger partial charge is 0.780 e. The zero-order valence-corrected chi connectivity index (χ0v) is 6.15. The molecule has 1 atom stereocenters. The lowest BCUT2D eigenvalue weighted by atomic mass is 10.4. The molecule has 0 aliphatic rings. The highest BCUT2D eigenvalue weighted by Gasteiger charge is 2.08. The van der Waals surface area contributed by atoms with Crippen LogP contribution in [0.5, 0.6) is 0 Å². The molecular weight excluding hydrogens is 173 g/mol. The number of aliphatic hydroxyl groups excluding tert-OH is 1. The molecule has 0 spiro atoms. The van der Waals surface area contributed by atoms with Crippen molar-refractivity contribution in [1.82, 2.24) is 0 Å². The highest BCUT2D eigenvalue weighted by molar-refractivity contribution is 7.43. The second-order valence-corrected chi connectivity index (χ2v) is 2.61. The maximum Gasteiger partial charge on any atom is 0.197 e. The molecule has 0 bridgehead atoms. The Morgan fingerprint density at radius 3 is 2.55 bits per heavy atom. The molecule has 1 unspecified atom stereocenters. The lowest BCUT2D eigenvalue weighted by molar-refractivity contribution is -0.339. The number of hydrogen-bond acceptors (Lipinski definition) is 6. The van der Waals surface area contributed by atoms with Crippen molar-refractivity contribution < 1.29 is 24.0 Å². The number of phosphoric acid groups is 1. The summed E-state index contributed by atoms with van der Waals surface area (Å²) in [7, 11) is -5.20. The number of aliphatic hydroxyl groups is 1. The molecular formula is C4H4NO5P-2. The third-order valence-corrected chi connectivity index (χ3v) is 1.11. The fraction of sp³-hybridized carbons (Fsp3) is 0.250. The topological polar surface area (TPSA) is 116 Å². The second kappa shape index (κ2) is 3.51. The maximum absolute atomic E-state index is 9.83. The summed E-state index contributed by atoms with van der Waals surface area (Å²) in [5.74, 6) is -0.791. The molecule has 0 aliphatic heterocycles. The first-order valence-corrected chi connectivity index (χ1v) is 3.81. The third-order valence-electron chi connectivity index (χ3n) is 0.656. The summed E-state index contributed by atoms with van der Waals surface area (Å²) in [6, 6.07) is 1.22. The van der Waals surface area contributed by atoms with Crippen LogP contribution in [0.25, 0.3) is 0 Å². The molecule has 0 aliphatic carbocycles. The number of rotatable bonds is 3. The van der Waals surface area contributed by atoms with Gasteiger partial charge in [-0.1, -0.05) is 6.58 Å². The fourth-order valence-corrected chi connectivity index (χ4v) is 0.653. The van der Waals surface area contributed by atoms with Crippen molar-refractivity contribution in [3.63, 3.8) is 0 Å². The average Bonchev–Trinajstić information content (AvgIpc) is 1.82. The lowest BCUT2D eigenvalue weighted by Gasteiger charge is -2.30. The van der Waals surface area contributed by atoms with Crippen molar-refractivity contribution in [3.05, 3.63) is 12.3 Å². The van der Waals surface area contributed by atoms with Crippen molar-refractivity contribution in [2.45, 2.75) is 6.10 Å². The van der Waals surface area contributed by atoms with Gasteiger partial charge in [0.2, 0.25) is 0 Å². The first-order chi connectivity index (χ1) is 4.87. The molecule has 11 heavy (non-hydrogen) atoms. The summed E-state index contributed by atoms with van der Waals surface area (Å²) in [6.07, 6.45) is -1.80. The predicted octanol–water partition coefficient (Wildman–Crippen LogP) is -1.77. The summed E-state index contributed by atoms with van der Waals surface area (Å²) in [5.41, 5.74) is 0. The van der Waals surface area contributed by atoms with Gasteiger partial charge < -0.3 is 24.0 Å². The minimum atomic E-state index is -5.20. The molecule has 0 aromatic heterocycles. The monoisotopic (exact) mass is 177 g/mol. The van der Waals surface area contributed by atoms with E-state index in [0.29, 0.717) is 0 Å². The summed E-state index contributed by atoms with van der Waals surface area (Å²) >= 11 is 0. The van der Waals surface area contributed by atoms with Gasteiger partial charge in [-0.05, 0) is 0 Å². The highest BCUT2D eigenvalue weighted by Crippen LogP contribution is 2.29. The molecule has 6 nitrogen and oxygen atoms in total. The first kappa shape index (κ1) is 10.1. The van der Waals surface area contributed by atoms with Crippen molar-refractivity contribution in [2.75, 3.05) is 0 Å². The van der Waals surface area contributed by atoms with Crippen LogP contribution in [0, 0.1) is 11.3 Å². The predicted molar refractivity (Wildman–Crippen MR) is 29.5 cm³/mol. The van der Waals surface area contributed by atoms with Crippen LogP contribution in [0.15, 0.2) is 12.3 Å². The zero-order valence-electron chi connectivity index (χ0n) is 5.26. The fourth-order valence-electron chi connectivity index (χ4n) is 0.266. The SMILES string of the molecule is C=C(OP(=O)([O-])[O-])C(O)C#N. The Balaban J connectivity index is 4.12. The normalized spacial score (nSPS) is 13.3. The van der Waals surface area contributed by atoms with Gasteiger partial charge in [0.25, 0.3) is 0 Å². The Hall–Kier alpha value is -0.860. The molecule has 7 heteroatoms. The molecule has 0 aromatic rings. The molecule has 0 radical (unpaired) electrons. The van der Waals surface area contributed by atoms with E-state index in [0.717, 1.165) is 0 Å². The van der Waals surface area contributed by atoms with Crippen molar-refractivity contribution >= 4 is 7.82 Å². The van der Waals surface area contributed by atoms with Gasteiger partial charge in [-0.15, -0.1) is 0 Å². The van der Waals surface area contributed by atoms with Crippen LogP contribution < -0.4 is 9.79 Å². The van der Waals surface area contributed by atoms with Gasteiger partial charge in [0.05, 0.1) is 0 Å². The quantitative estimate of drug-likeness (QED) is 0.309. The van der Waals surface area contributed by atoms with Crippen molar-refractivity contribution in [3.8, 4) is 6.07 Å². The van der Waals surface area contributed by atoms with Crippen LogP contribution in [0.3, 0.4) is 0 Å². The van der Waals surface area contributed by atoms with Crippen LogP contribution >= 0.6 is 7.82 Å². The van der Waals surface area contributed by atoms with Crippen molar-refractivity contribution in [1.29, 1.82) is 5.26 Å². The molecule has 0 aromatic carbocycles. The molecule has 0 heterocycles. The number of nitrogens with zero attached hydrogens (tertiary/aromatic N) is 1. The lowest BCUT2D eigenvalue weighted by Crippen LogP contribution is -2.19. The van der Waals surface area contributed by atoms with Gasteiger partial charge >= 0.3 is 0 Å². The molecule has 62 valence electrons. The molecule has 0 fully saturated rings. The van der Waals surface area contributed by atoms with Gasteiger partial charge in [-0.3, -0.25) is 0 Å². The van der Waals surface area contributed by atoms with E-state index in [1.165, 1.54) is 6.07 Å². The Kier molecular flexibility index (Phi) is 3.23. The molecule has 0 amide bonds. The Morgan fingerprint density at radius 2 is 2.27 bits per heavy atom. The van der Waals surface area contributed by atoms with Gasteiger partial charge in [0.1, 0.15) is 19.7 Å². The summed E-state index contributed by atoms with van der Waals surface area (Å²) < 4.78 is 13.4. The van der Waals surface area contributed by atoms with Crippen LogP contribution in [-0.2, 0) is 9.09 Å². The molecule has 0 saturated heterocycles. The smallest absolute Gasteiger partial charge is 0.197 e. The minimum absolute atomic E-state index is 0.791. The molecule has 0 saturated carbocycles. The molecule has 0 rings (SSSR count). The minimum Gasteiger partial charge on any atom is -0.780 e. The van der Waals surface area contributed by atoms with Crippen LogP contribution in [0.1, 0.15) is 0 Å². The second-order valence-electron chi connectivity index (χ2n) is 1.54. The van der Waals surface area contributed by atoms with E-state index in [1.807, 2.05) is 0 Å². The van der Waals surface area contributed by atoms with E-state index >= 15 is 0 Å². The van der Waals surface area contributed by atoms with Gasteiger partial charge in [-0.2, -0.15) is 5.26 Å². The maximum atomic E-state index is 9.83. The van der Waals surface area contributed by atoms with E-state index in [4.69, 9.17) is 10.4 Å². The van der Waals surface area contributed by atoms with Gasteiger partial charge in [0.15, 0.2) is 6.10 Å². The van der Waals surface area contributed by atoms with E-state index in [9.17, 15) is 14.4 Å². The van der Waals surface area contributed by atoms with E-state index in [1.54, 1.807) is 0 Å². The standard InChI is InChI=1S/C4H6NO5P/c1-3(4(6)2-5)10-11(7,8)9/h4,6H,1H2,(H2,7,8,9)/p-2. The average molecular weight is 177 g/mol. The summed E-state index contributed by atoms with van der Waals surface area (Å²) in [5, 5.41) is 16.5. The first-order valence-electron chi connectivity index (χ1n) is 2.35. The number of hydrogen-bond donors (Lipinski definition) is 1. The zero-order chi connectivity index (χ0) is 9.07. The highest BCUT2D eigenvalue weighted by atomic mass is 31.2. The van der Waals surface area contributed by atoms with Crippen molar-refractivity contribution in [2.24, 2.45) is 0 Å². The van der Waals surface area contributed by atoms with E-state index in [2.05, 4.69) is 11.1 Å². The number of nitriles is 1. The number of phosphoric ester groups is 1. The van der Waals surface area contributed by atoms with Crippen LogP contribution in [0.4, 0.5) is 0 Å². The van der Waals surface area contributed by atoms with Gasteiger partial charge in [-0.25, -0.2) is 0 Å². The van der Waals surface area contributed by atoms with Crippen LogP contribution in [0.2, 0.25) is 0 Å². The Bertz CT molecular complexity index is 237. The van der Waals surface area contributed by atoms with Gasteiger partial charge in [0, 0.05) is 0 Å². The van der Waals surface area contributed by atoms with E-state index in [-0.39, 0.29) is 0 Å². The van der Waals surface area contributed by atoms with Crippen LogP contribution in [-0.4, -0.2) is 11.2 Å². The Morgan fingerprint density at radius 1 is 1.82 bits per heavy atom. The molecule has 1 N–H and O–H groups in total. The summed E-state index contributed by atoms with van der Waals surface area (Å²) in [4.78, 5) is 19.7.